The topological polar surface area (TPSA) is 51.2 Å². The Balaban J connectivity index is 1.78. The Morgan fingerprint density at radius 1 is 1.24 bits per heavy atom. The average Bonchev–Trinajstić information content (AvgIpc) is 3.47. The molecule has 1 N–H and O–H groups in total. The molecule has 1 atom stereocenters. The Hall–Kier alpha value is -2.33. The Bertz CT molecular complexity index is 963. The van der Waals surface area contributed by atoms with E-state index in [4.69, 9.17) is 21.3 Å². The molecule has 1 aromatic carbocycles. The molecular weight excluding hydrogens is 384 g/mol. The maximum Gasteiger partial charge on any atom is 0.220 e. The van der Waals surface area contributed by atoms with Crippen LogP contribution in [0.4, 0.5) is 0 Å². The summed E-state index contributed by atoms with van der Waals surface area (Å²) in [6, 6.07) is 10.4. The van der Waals surface area contributed by atoms with Gasteiger partial charge in [-0.3, -0.25) is 4.79 Å². The van der Waals surface area contributed by atoms with E-state index in [2.05, 4.69) is 49.5 Å². The molecular formula is C24H27ClN2O2. The van der Waals surface area contributed by atoms with E-state index in [9.17, 15) is 4.79 Å². The number of nitrogens with zero attached hydrogens (tertiary/aromatic N) is 1. The molecule has 2 fully saturated rings. The van der Waals surface area contributed by atoms with Crippen molar-refractivity contribution in [3.05, 3.63) is 63.8 Å². The van der Waals surface area contributed by atoms with Crippen molar-refractivity contribution in [3.63, 3.8) is 0 Å². The first kappa shape index (κ1) is 20.0. The number of benzene rings is 1. The number of ether oxygens (including phenoxy) is 1. The first-order valence-corrected chi connectivity index (χ1v) is 10.7. The second-order valence-corrected chi connectivity index (χ2v) is 8.66. The van der Waals surface area contributed by atoms with Crippen molar-refractivity contribution in [3.8, 4) is 5.88 Å². The second-order valence-electron chi connectivity index (χ2n) is 8.25. The van der Waals surface area contributed by atoms with E-state index in [1.54, 1.807) is 7.11 Å². The molecule has 2 heterocycles. The smallest absolute Gasteiger partial charge is 0.220 e. The van der Waals surface area contributed by atoms with Crippen molar-refractivity contribution in [2.45, 2.75) is 57.4 Å². The lowest BCUT2D eigenvalue weighted by Gasteiger charge is -2.16. The van der Waals surface area contributed by atoms with Gasteiger partial charge in [0.2, 0.25) is 11.8 Å². The van der Waals surface area contributed by atoms with Crippen LogP contribution in [0.15, 0.2) is 36.4 Å². The SMILES string of the molecule is COc1nc(/C(=C\[C@H]2CCC(=O)N2)c2ccc(C(C)C)c(Cl)c2)ccc1C1CC1. The van der Waals surface area contributed by atoms with E-state index >= 15 is 0 Å². The van der Waals surface area contributed by atoms with Gasteiger partial charge in [0.15, 0.2) is 0 Å². The molecule has 0 radical (unpaired) electrons. The van der Waals surface area contributed by atoms with Gasteiger partial charge in [-0.1, -0.05) is 49.7 Å². The zero-order valence-electron chi connectivity index (χ0n) is 17.2. The minimum absolute atomic E-state index is 0.00282. The van der Waals surface area contributed by atoms with Gasteiger partial charge >= 0.3 is 0 Å². The third-order valence-electron chi connectivity index (χ3n) is 5.71. The van der Waals surface area contributed by atoms with Gasteiger partial charge in [0, 0.05) is 28.6 Å². The summed E-state index contributed by atoms with van der Waals surface area (Å²) in [6.45, 7) is 4.27. The molecule has 1 aliphatic carbocycles. The van der Waals surface area contributed by atoms with Gasteiger partial charge in [0.1, 0.15) is 0 Å². The second kappa shape index (κ2) is 8.19. The number of hydrogen-bond acceptors (Lipinski definition) is 3. The van der Waals surface area contributed by atoms with Crippen LogP contribution in [0.3, 0.4) is 0 Å². The Morgan fingerprint density at radius 3 is 2.62 bits per heavy atom. The molecule has 5 heteroatoms. The maximum atomic E-state index is 11.7. The number of aromatic nitrogens is 1. The number of nitrogens with one attached hydrogen (secondary N) is 1. The van der Waals surface area contributed by atoms with E-state index < -0.39 is 0 Å². The number of halogens is 1. The predicted octanol–water partition coefficient (Wildman–Crippen LogP) is 5.45. The van der Waals surface area contributed by atoms with Gasteiger partial charge < -0.3 is 10.1 Å². The van der Waals surface area contributed by atoms with Crippen LogP contribution in [-0.2, 0) is 4.79 Å². The van der Waals surface area contributed by atoms with Crippen LogP contribution in [0.2, 0.25) is 5.02 Å². The quantitative estimate of drug-likeness (QED) is 0.688. The lowest BCUT2D eigenvalue weighted by Crippen LogP contribution is -2.23. The summed E-state index contributed by atoms with van der Waals surface area (Å²) in [6.07, 6.45) is 5.83. The third-order valence-corrected chi connectivity index (χ3v) is 6.03. The molecule has 29 heavy (non-hydrogen) atoms. The van der Waals surface area contributed by atoms with Crippen LogP contribution in [0.25, 0.3) is 5.57 Å². The summed E-state index contributed by atoms with van der Waals surface area (Å²) < 4.78 is 5.60. The van der Waals surface area contributed by atoms with Crippen LogP contribution in [0.5, 0.6) is 5.88 Å². The van der Waals surface area contributed by atoms with Gasteiger partial charge in [-0.15, -0.1) is 0 Å². The third kappa shape index (κ3) is 4.32. The summed E-state index contributed by atoms with van der Waals surface area (Å²) in [5.41, 5.74) is 5.10. The van der Waals surface area contributed by atoms with Crippen LogP contribution < -0.4 is 10.1 Å². The van der Waals surface area contributed by atoms with Gasteiger partial charge in [-0.05, 0) is 54.4 Å². The highest BCUT2D eigenvalue weighted by Crippen LogP contribution is 2.44. The van der Waals surface area contributed by atoms with Gasteiger partial charge in [-0.25, -0.2) is 4.98 Å². The average molecular weight is 411 g/mol. The summed E-state index contributed by atoms with van der Waals surface area (Å²) in [5.74, 6) is 1.70. The first-order chi connectivity index (χ1) is 14.0. The molecule has 2 aromatic rings. The molecule has 1 saturated carbocycles. The zero-order valence-corrected chi connectivity index (χ0v) is 17.9. The number of amides is 1. The standard InChI is InChI=1S/C24H27ClN2O2/c1-14(2)18-8-6-16(12-21(18)25)20(13-17-7-11-23(28)26-17)22-10-9-19(15-4-5-15)24(27-22)29-3/h6,8-10,12-15,17H,4-5,7,11H2,1-3H3,(H,26,28)/b20-13-/t17-/m1/s1. The maximum absolute atomic E-state index is 11.7. The van der Waals surface area contributed by atoms with Gasteiger partial charge in [0.25, 0.3) is 0 Å². The summed E-state index contributed by atoms with van der Waals surface area (Å²) in [4.78, 5) is 16.5. The molecule has 4 rings (SSSR count). The molecule has 1 amide bonds. The molecule has 4 nitrogen and oxygen atoms in total. The molecule has 1 aromatic heterocycles. The monoisotopic (exact) mass is 410 g/mol. The Kier molecular flexibility index (Phi) is 5.64. The van der Waals surface area contributed by atoms with Crippen LogP contribution >= 0.6 is 11.6 Å². The number of rotatable bonds is 6. The summed E-state index contributed by atoms with van der Waals surface area (Å²) in [5, 5.41) is 3.78. The minimum atomic E-state index is -0.00282. The van der Waals surface area contributed by atoms with E-state index in [1.807, 2.05) is 6.07 Å². The highest BCUT2D eigenvalue weighted by Gasteiger charge is 2.28. The van der Waals surface area contributed by atoms with E-state index in [1.165, 1.54) is 18.4 Å². The fourth-order valence-corrected chi connectivity index (χ4v) is 4.32. The lowest BCUT2D eigenvalue weighted by molar-refractivity contribution is -0.119. The highest BCUT2D eigenvalue weighted by atomic mass is 35.5. The fraction of sp³-hybridized carbons (Fsp3) is 0.417. The molecule has 2 aliphatic rings. The van der Waals surface area contributed by atoms with E-state index in [0.717, 1.165) is 33.8 Å². The highest BCUT2D eigenvalue weighted by molar-refractivity contribution is 6.31. The van der Waals surface area contributed by atoms with Crippen molar-refractivity contribution in [2.75, 3.05) is 7.11 Å². The predicted molar refractivity (Wildman–Crippen MR) is 117 cm³/mol. The summed E-state index contributed by atoms with van der Waals surface area (Å²) in [7, 11) is 1.67. The van der Waals surface area contributed by atoms with E-state index in [0.29, 0.717) is 24.1 Å². The zero-order chi connectivity index (χ0) is 20.5. The first-order valence-electron chi connectivity index (χ1n) is 10.3. The number of carbonyl (C=O) groups is 1. The van der Waals surface area contributed by atoms with Crippen molar-refractivity contribution in [1.29, 1.82) is 0 Å². The van der Waals surface area contributed by atoms with Crippen molar-refractivity contribution < 1.29 is 9.53 Å². The summed E-state index contributed by atoms with van der Waals surface area (Å²) >= 11 is 6.59. The molecule has 0 bridgehead atoms. The molecule has 1 saturated heterocycles. The van der Waals surface area contributed by atoms with Crippen LogP contribution in [-0.4, -0.2) is 24.0 Å². The number of carbonyl (C=O) groups excluding carboxylic acids is 1. The number of hydrogen-bond donors (Lipinski definition) is 1. The van der Waals surface area contributed by atoms with Crippen molar-refractivity contribution in [1.82, 2.24) is 10.3 Å². The number of methoxy groups -OCH3 is 1. The van der Waals surface area contributed by atoms with Crippen LogP contribution in [0.1, 0.15) is 73.8 Å². The Labute approximate surface area is 177 Å². The normalized spacial score (nSPS) is 19.6. The largest absolute Gasteiger partial charge is 0.481 e. The van der Waals surface area contributed by atoms with Gasteiger partial charge in [0.05, 0.1) is 12.8 Å². The molecule has 0 unspecified atom stereocenters. The van der Waals surface area contributed by atoms with Crippen molar-refractivity contribution in [2.24, 2.45) is 0 Å². The van der Waals surface area contributed by atoms with Gasteiger partial charge in [-0.2, -0.15) is 0 Å². The minimum Gasteiger partial charge on any atom is -0.481 e. The van der Waals surface area contributed by atoms with Crippen molar-refractivity contribution >= 4 is 23.1 Å². The molecule has 1 aliphatic heterocycles. The fourth-order valence-electron chi connectivity index (χ4n) is 3.93. The lowest BCUT2D eigenvalue weighted by atomic mass is 9.95. The molecule has 152 valence electrons. The Morgan fingerprint density at radius 2 is 2.03 bits per heavy atom. The molecule has 0 spiro atoms. The van der Waals surface area contributed by atoms with E-state index in [-0.39, 0.29) is 11.9 Å². The number of pyridine rings is 1. The van der Waals surface area contributed by atoms with Crippen LogP contribution in [0, 0.1) is 0 Å².